The number of para-hydroxylation sites is 1. The standard InChI is InChI=1S/C13H11BrN2O3/c1-2-10-8(13(18)19)7-12(17)16(15-10)11-6-4-3-5-9(11)14/h3-7H,2H2,1H3,(H,18,19). The van der Waals surface area contributed by atoms with Gasteiger partial charge >= 0.3 is 5.97 Å². The van der Waals surface area contributed by atoms with Crippen molar-refractivity contribution in [2.75, 3.05) is 0 Å². The fourth-order valence-corrected chi connectivity index (χ4v) is 2.19. The summed E-state index contributed by atoms with van der Waals surface area (Å²) in [7, 11) is 0. The van der Waals surface area contributed by atoms with E-state index >= 15 is 0 Å². The molecule has 0 fully saturated rings. The Bertz CT molecular complexity index is 695. The molecule has 98 valence electrons. The molecule has 0 spiro atoms. The second kappa shape index (κ2) is 5.36. The molecule has 0 aliphatic carbocycles. The van der Waals surface area contributed by atoms with E-state index in [1.54, 1.807) is 25.1 Å². The summed E-state index contributed by atoms with van der Waals surface area (Å²) in [5, 5.41) is 13.2. The van der Waals surface area contributed by atoms with Crippen LogP contribution in [0.15, 0.2) is 39.6 Å². The average molecular weight is 323 g/mol. The molecule has 1 aromatic heterocycles. The van der Waals surface area contributed by atoms with Crippen molar-refractivity contribution < 1.29 is 9.90 Å². The van der Waals surface area contributed by atoms with Crippen LogP contribution in [0.5, 0.6) is 0 Å². The molecule has 1 heterocycles. The Labute approximate surface area is 117 Å². The van der Waals surface area contributed by atoms with E-state index in [4.69, 9.17) is 5.11 Å². The number of aromatic nitrogens is 2. The molecule has 1 aromatic carbocycles. The highest BCUT2D eigenvalue weighted by Gasteiger charge is 2.15. The van der Waals surface area contributed by atoms with Gasteiger partial charge in [0.05, 0.1) is 16.9 Å². The maximum atomic E-state index is 12.0. The van der Waals surface area contributed by atoms with Gasteiger partial charge in [0, 0.05) is 10.5 Å². The molecule has 6 heteroatoms. The third kappa shape index (κ3) is 2.58. The van der Waals surface area contributed by atoms with E-state index in [1.165, 1.54) is 4.68 Å². The summed E-state index contributed by atoms with van der Waals surface area (Å²) < 4.78 is 1.92. The van der Waals surface area contributed by atoms with E-state index in [9.17, 15) is 9.59 Å². The van der Waals surface area contributed by atoms with E-state index in [1.807, 2.05) is 6.07 Å². The number of hydrogen-bond acceptors (Lipinski definition) is 3. The van der Waals surface area contributed by atoms with Gasteiger partial charge < -0.3 is 5.11 Å². The molecule has 1 N–H and O–H groups in total. The number of carboxylic acid groups (broad SMARTS) is 1. The van der Waals surface area contributed by atoms with Crippen LogP contribution in [0.2, 0.25) is 0 Å². The molecule has 0 bridgehead atoms. The number of benzene rings is 1. The van der Waals surface area contributed by atoms with Crippen LogP contribution in [0, 0.1) is 0 Å². The number of aromatic carboxylic acids is 1. The van der Waals surface area contributed by atoms with Gasteiger partial charge in [-0.25, -0.2) is 4.79 Å². The van der Waals surface area contributed by atoms with Crippen molar-refractivity contribution in [2.45, 2.75) is 13.3 Å². The van der Waals surface area contributed by atoms with Gasteiger partial charge in [0.2, 0.25) is 0 Å². The summed E-state index contributed by atoms with van der Waals surface area (Å²) in [6.45, 7) is 1.80. The van der Waals surface area contributed by atoms with Gasteiger partial charge in [-0.1, -0.05) is 19.1 Å². The lowest BCUT2D eigenvalue weighted by Gasteiger charge is -2.09. The first-order valence-electron chi connectivity index (χ1n) is 5.66. The predicted octanol–water partition coefficient (Wildman–Crippen LogP) is 2.26. The first kappa shape index (κ1) is 13.5. The minimum absolute atomic E-state index is 0.0456. The number of carboxylic acids is 1. The Morgan fingerprint density at radius 2 is 2.11 bits per heavy atom. The zero-order chi connectivity index (χ0) is 14.0. The maximum absolute atomic E-state index is 12.0. The number of nitrogens with zero attached hydrogens (tertiary/aromatic N) is 2. The lowest BCUT2D eigenvalue weighted by molar-refractivity contribution is 0.0694. The van der Waals surface area contributed by atoms with Gasteiger partial charge in [0.15, 0.2) is 0 Å². The van der Waals surface area contributed by atoms with Crippen LogP contribution in [0.4, 0.5) is 0 Å². The van der Waals surface area contributed by atoms with Crippen molar-refractivity contribution in [3.63, 3.8) is 0 Å². The second-order valence-electron chi connectivity index (χ2n) is 3.86. The molecular weight excluding hydrogens is 312 g/mol. The molecule has 0 radical (unpaired) electrons. The quantitative estimate of drug-likeness (QED) is 0.940. The second-order valence-corrected chi connectivity index (χ2v) is 4.72. The highest BCUT2D eigenvalue weighted by molar-refractivity contribution is 9.10. The minimum Gasteiger partial charge on any atom is -0.478 e. The van der Waals surface area contributed by atoms with E-state index in [2.05, 4.69) is 21.0 Å². The molecule has 2 aromatic rings. The molecule has 0 amide bonds. The van der Waals surface area contributed by atoms with Gasteiger partial charge in [-0.05, 0) is 34.5 Å². The van der Waals surface area contributed by atoms with E-state index in [0.717, 1.165) is 10.5 Å². The summed E-state index contributed by atoms with van der Waals surface area (Å²) in [5.74, 6) is -1.14. The Hall–Kier alpha value is -1.95. The van der Waals surface area contributed by atoms with Gasteiger partial charge in [0.1, 0.15) is 0 Å². The van der Waals surface area contributed by atoms with Crippen molar-refractivity contribution >= 4 is 21.9 Å². The molecule has 0 aliphatic heterocycles. The number of carbonyl (C=O) groups is 1. The normalized spacial score (nSPS) is 10.4. The fourth-order valence-electron chi connectivity index (χ4n) is 1.73. The van der Waals surface area contributed by atoms with Crippen LogP contribution >= 0.6 is 15.9 Å². The Morgan fingerprint density at radius 3 is 2.68 bits per heavy atom. The van der Waals surface area contributed by atoms with Crippen molar-refractivity contribution in [2.24, 2.45) is 0 Å². The zero-order valence-electron chi connectivity index (χ0n) is 10.1. The van der Waals surface area contributed by atoms with Crippen LogP contribution in [0.1, 0.15) is 23.0 Å². The van der Waals surface area contributed by atoms with Crippen LogP contribution in [-0.4, -0.2) is 20.9 Å². The molecule has 0 unspecified atom stereocenters. The average Bonchev–Trinajstić information content (AvgIpc) is 2.39. The van der Waals surface area contributed by atoms with Crippen molar-refractivity contribution in [1.82, 2.24) is 9.78 Å². The Morgan fingerprint density at radius 1 is 1.42 bits per heavy atom. The lowest BCUT2D eigenvalue weighted by Crippen LogP contribution is -2.25. The number of hydrogen-bond donors (Lipinski definition) is 1. The molecule has 5 nitrogen and oxygen atoms in total. The zero-order valence-corrected chi connectivity index (χ0v) is 11.7. The van der Waals surface area contributed by atoms with Crippen LogP contribution in [0.3, 0.4) is 0 Å². The largest absolute Gasteiger partial charge is 0.478 e. The van der Waals surface area contributed by atoms with Crippen LogP contribution < -0.4 is 5.56 Å². The number of rotatable bonds is 3. The molecule has 0 saturated carbocycles. The SMILES string of the molecule is CCc1nn(-c2ccccc2Br)c(=O)cc1C(=O)O. The topological polar surface area (TPSA) is 72.2 Å². The molecule has 2 rings (SSSR count). The highest BCUT2D eigenvalue weighted by Crippen LogP contribution is 2.18. The van der Waals surface area contributed by atoms with Crippen molar-refractivity contribution in [3.8, 4) is 5.69 Å². The van der Waals surface area contributed by atoms with Gasteiger partial charge in [-0.15, -0.1) is 0 Å². The lowest BCUT2D eigenvalue weighted by atomic mass is 10.2. The fraction of sp³-hybridized carbons (Fsp3) is 0.154. The third-order valence-corrected chi connectivity index (χ3v) is 3.32. The minimum atomic E-state index is -1.14. The monoisotopic (exact) mass is 322 g/mol. The molecule has 0 aliphatic rings. The smallest absolute Gasteiger partial charge is 0.337 e. The van der Waals surface area contributed by atoms with Crippen LogP contribution in [-0.2, 0) is 6.42 Å². The van der Waals surface area contributed by atoms with E-state index < -0.39 is 11.5 Å². The summed E-state index contributed by atoms with van der Waals surface area (Å²) in [6.07, 6.45) is 0.437. The van der Waals surface area contributed by atoms with Crippen molar-refractivity contribution in [1.29, 1.82) is 0 Å². The van der Waals surface area contributed by atoms with Gasteiger partial charge in [-0.3, -0.25) is 4.79 Å². The Kier molecular flexibility index (Phi) is 3.80. The van der Waals surface area contributed by atoms with Crippen LogP contribution in [0.25, 0.3) is 5.69 Å². The van der Waals surface area contributed by atoms with E-state index in [-0.39, 0.29) is 5.56 Å². The maximum Gasteiger partial charge on any atom is 0.337 e. The first-order valence-corrected chi connectivity index (χ1v) is 6.45. The molecule has 0 atom stereocenters. The first-order chi connectivity index (χ1) is 9.04. The predicted molar refractivity (Wildman–Crippen MR) is 73.9 cm³/mol. The highest BCUT2D eigenvalue weighted by atomic mass is 79.9. The summed E-state index contributed by atoms with van der Waals surface area (Å²) in [6, 6.07) is 8.24. The molecular formula is C13H11BrN2O3. The number of halogens is 1. The summed E-state index contributed by atoms with van der Waals surface area (Å²) >= 11 is 3.35. The van der Waals surface area contributed by atoms with Gasteiger partial charge in [0.25, 0.3) is 5.56 Å². The number of aryl methyl sites for hydroxylation is 1. The summed E-state index contributed by atoms with van der Waals surface area (Å²) in [4.78, 5) is 23.0. The van der Waals surface area contributed by atoms with Gasteiger partial charge in [-0.2, -0.15) is 9.78 Å². The van der Waals surface area contributed by atoms with E-state index in [0.29, 0.717) is 17.8 Å². The Balaban J connectivity index is 2.70. The molecule has 0 saturated heterocycles. The van der Waals surface area contributed by atoms with Crippen molar-refractivity contribution in [3.05, 3.63) is 56.4 Å². The molecule has 19 heavy (non-hydrogen) atoms. The summed E-state index contributed by atoms with van der Waals surface area (Å²) in [5.41, 5.74) is 0.444. The third-order valence-electron chi connectivity index (χ3n) is 2.65.